The second kappa shape index (κ2) is 4.89. The van der Waals surface area contributed by atoms with Crippen molar-refractivity contribution in [2.45, 2.75) is 6.92 Å². The molecule has 4 nitrogen and oxygen atoms in total. The van der Waals surface area contributed by atoms with Crippen molar-refractivity contribution in [3.05, 3.63) is 34.0 Å². The summed E-state index contributed by atoms with van der Waals surface area (Å²) in [6.45, 7) is 1.97. The van der Waals surface area contributed by atoms with Gasteiger partial charge in [-0.05, 0) is 25.1 Å². The number of hydrogen-bond donors (Lipinski definition) is 2. The Morgan fingerprint density at radius 3 is 3.00 bits per heavy atom. The van der Waals surface area contributed by atoms with E-state index >= 15 is 0 Å². The van der Waals surface area contributed by atoms with Gasteiger partial charge in [-0.3, -0.25) is 4.79 Å². The van der Waals surface area contributed by atoms with Crippen LogP contribution in [0, 0.1) is 6.92 Å². The van der Waals surface area contributed by atoms with E-state index in [4.69, 9.17) is 9.52 Å². The highest BCUT2D eigenvalue weighted by atomic mass is 79.9. The van der Waals surface area contributed by atoms with E-state index in [1.807, 2.05) is 25.1 Å². The molecule has 0 saturated carbocycles. The minimum absolute atomic E-state index is 0.0867. The number of benzene rings is 1. The fourth-order valence-electron chi connectivity index (χ4n) is 1.66. The molecular weight excluding hydrogens is 286 g/mol. The van der Waals surface area contributed by atoms with Crippen LogP contribution in [-0.4, -0.2) is 24.2 Å². The van der Waals surface area contributed by atoms with Gasteiger partial charge in [0.1, 0.15) is 5.58 Å². The van der Waals surface area contributed by atoms with Gasteiger partial charge in [-0.1, -0.05) is 15.9 Å². The Hall–Kier alpha value is -1.33. The highest BCUT2D eigenvalue weighted by Crippen LogP contribution is 2.27. The molecule has 0 fully saturated rings. The first-order chi connectivity index (χ1) is 8.13. The van der Waals surface area contributed by atoms with Crippen LogP contribution in [0.15, 0.2) is 27.1 Å². The lowest BCUT2D eigenvalue weighted by molar-refractivity contribution is 0.0918. The normalized spacial score (nSPS) is 10.8. The third kappa shape index (κ3) is 2.35. The molecule has 0 aliphatic heterocycles. The van der Waals surface area contributed by atoms with Crippen LogP contribution in [0.1, 0.15) is 16.1 Å². The van der Waals surface area contributed by atoms with Gasteiger partial charge in [-0.2, -0.15) is 0 Å². The highest BCUT2D eigenvalue weighted by Gasteiger charge is 2.17. The fourth-order valence-corrected chi connectivity index (χ4v) is 2.02. The Morgan fingerprint density at radius 2 is 2.29 bits per heavy atom. The van der Waals surface area contributed by atoms with Crippen LogP contribution in [0.25, 0.3) is 11.0 Å². The van der Waals surface area contributed by atoms with Gasteiger partial charge in [0.25, 0.3) is 5.91 Å². The van der Waals surface area contributed by atoms with Crippen LogP contribution in [0.5, 0.6) is 0 Å². The first kappa shape index (κ1) is 12.1. The fraction of sp³-hybridized carbons (Fsp3) is 0.250. The summed E-state index contributed by atoms with van der Waals surface area (Å²) in [6, 6.07) is 5.59. The molecule has 2 rings (SSSR count). The number of fused-ring (bicyclic) bond motifs is 1. The average Bonchev–Trinajstić information content (AvgIpc) is 2.64. The summed E-state index contributed by atoms with van der Waals surface area (Å²) in [5.74, 6) is -0.00424. The second-order valence-corrected chi connectivity index (χ2v) is 4.59. The molecule has 0 radical (unpaired) electrons. The maximum atomic E-state index is 11.8. The number of carbonyl (C=O) groups is 1. The molecular formula is C12H12BrNO3. The summed E-state index contributed by atoms with van der Waals surface area (Å²) in [5.41, 5.74) is 1.48. The van der Waals surface area contributed by atoms with E-state index < -0.39 is 0 Å². The number of aliphatic hydroxyl groups excluding tert-OH is 1. The van der Waals surface area contributed by atoms with Gasteiger partial charge in [0, 0.05) is 22.0 Å². The Balaban J connectivity index is 2.42. The van der Waals surface area contributed by atoms with E-state index in [9.17, 15) is 4.79 Å². The molecule has 0 bridgehead atoms. The Labute approximate surface area is 107 Å². The molecule has 2 N–H and O–H groups in total. The molecule has 0 unspecified atom stereocenters. The third-order valence-electron chi connectivity index (χ3n) is 2.50. The van der Waals surface area contributed by atoms with Gasteiger partial charge in [-0.25, -0.2) is 0 Å². The smallest absolute Gasteiger partial charge is 0.287 e. The van der Waals surface area contributed by atoms with Gasteiger partial charge in [0.05, 0.1) is 6.61 Å². The number of rotatable bonds is 3. The molecule has 1 amide bonds. The number of aryl methyl sites for hydroxylation is 1. The minimum atomic E-state index is -0.302. The minimum Gasteiger partial charge on any atom is -0.451 e. The summed E-state index contributed by atoms with van der Waals surface area (Å²) in [5, 5.41) is 12.1. The number of hydrogen-bond acceptors (Lipinski definition) is 3. The Bertz CT molecular complexity index is 562. The number of furan rings is 1. The maximum Gasteiger partial charge on any atom is 0.287 e. The zero-order chi connectivity index (χ0) is 12.4. The van der Waals surface area contributed by atoms with Crippen molar-refractivity contribution in [1.29, 1.82) is 0 Å². The zero-order valence-electron chi connectivity index (χ0n) is 9.29. The number of nitrogens with one attached hydrogen (secondary N) is 1. The summed E-state index contributed by atoms with van der Waals surface area (Å²) in [4.78, 5) is 11.8. The number of carbonyl (C=O) groups excluding carboxylic acids is 1. The summed E-state index contributed by atoms with van der Waals surface area (Å²) >= 11 is 3.38. The lowest BCUT2D eigenvalue weighted by atomic mass is 10.1. The van der Waals surface area contributed by atoms with Crippen LogP contribution < -0.4 is 5.32 Å². The zero-order valence-corrected chi connectivity index (χ0v) is 10.9. The predicted molar refractivity (Wildman–Crippen MR) is 68.1 cm³/mol. The van der Waals surface area contributed by atoms with E-state index in [1.165, 1.54) is 0 Å². The molecule has 0 saturated heterocycles. The van der Waals surface area contributed by atoms with Gasteiger partial charge in [-0.15, -0.1) is 0 Å². The van der Waals surface area contributed by atoms with Crippen molar-refractivity contribution >= 4 is 32.8 Å². The van der Waals surface area contributed by atoms with Gasteiger partial charge < -0.3 is 14.8 Å². The van der Waals surface area contributed by atoms with Crippen molar-refractivity contribution in [3.63, 3.8) is 0 Å². The Morgan fingerprint density at radius 1 is 1.53 bits per heavy atom. The molecule has 0 atom stereocenters. The average molecular weight is 298 g/mol. The maximum absolute atomic E-state index is 11.8. The van der Waals surface area contributed by atoms with Gasteiger partial charge >= 0.3 is 0 Å². The second-order valence-electron chi connectivity index (χ2n) is 3.68. The lowest BCUT2D eigenvalue weighted by Gasteiger charge is -2.00. The van der Waals surface area contributed by atoms with Crippen LogP contribution in [0.2, 0.25) is 0 Å². The van der Waals surface area contributed by atoms with E-state index in [-0.39, 0.29) is 19.1 Å². The lowest BCUT2D eigenvalue weighted by Crippen LogP contribution is -2.26. The summed E-state index contributed by atoms with van der Waals surface area (Å²) in [7, 11) is 0. The SMILES string of the molecule is Cc1c(C(=O)NCCO)oc2ccc(Br)cc12. The van der Waals surface area contributed by atoms with Crippen molar-refractivity contribution in [2.24, 2.45) is 0 Å². The summed E-state index contributed by atoms with van der Waals surface area (Å²) < 4.78 is 6.44. The number of aliphatic hydroxyl groups is 1. The van der Waals surface area contributed by atoms with Crippen LogP contribution in [-0.2, 0) is 0 Å². The molecule has 5 heteroatoms. The predicted octanol–water partition coefficient (Wildman–Crippen LogP) is 2.23. The summed E-state index contributed by atoms with van der Waals surface area (Å²) in [6.07, 6.45) is 0. The molecule has 0 aliphatic rings. The first-order valence-corrected chi connectivity index (χ1v) is 6.00. The van der Waals surface area contributed by atoms with E-state index in [0.29, 0.717) is 11.3 Å². The quantitative estimate of drug-likeness (QED) is 0.913. The number of amides is 1. The standard InChI is InChI=1S/C12H12BrNO3/c1-7-9-6-8(13)2-3-10(9)17-11(7)12(16)14-4-5-15/h2-3,6,15H,4-5H2,1H3,(H,14,16). The molecule has 1 heterocycles. The third-order valence-corrected chi connectivity index (χ3v) is 3.00. The topological polar surface area (TPSA) is 62.5 Å². The van der Waals surface area contributed by atoms with E-state index in [2.05, 4.69) is 21.2 Å². The molecule has 1 aromatic carbocycles. The van der Waals surface area contributed by atoms with Crippen molar-refractivity contribution in [2.75, 3.05) is 13.2 Å². The highest BCUT2D eigenvalue weighted by molar-refractivity contribution is 9.10. The van der Waals surface area contributed by atoms with Crippen molar-refractivity contribution in [1.82, 2.24) is 5.32 Å². The largest absolute Gasteiger partial charge is 0.451 e. The monoisotopic (exact) mass is 297 g/mol. The van der Waals surface area contributed by atoms with Crippen LogP contribution >= 0.6 is 15.9 Å². The Kier molecular flexibility index (Phi) is 3.49. The van der Waals surface area contributed by atoms with Crippen LogP contribution in [0.4, 0.5) is 0 Å². The molecule has 0 spiro atoms. The van der Waals surface area contributed by atoms with E-state index in [1.54, 1.807) is 0 Å². The number of halogens is 1. The molecule has 2 aromatic rings. The van der Waals surface area contributed by atoms with Gasteiger partial charge in [0.15, 0.2) is 5.76 Å². The molecule has 17 heavy (non-hydrogen) atoms. The van der Waals surface area contributed by atoms with Crippen molar-refractivity contribution < 1.29 is 14.3 Å². The molecule has 0 aliphatic carbocycles. The molecule has 90 valence electrons. The van der Waals surface area contributed by atoms with Crippen molar-refractivity contribution in [3.8, 4) is 0 Å². The molecule has 1 aromatic heterocycles. The van der Waals surface area contributed by atoms with Gasteiger partial charge in [0.2, 0.25) is 0 Å². The first-order valence-electron chi connectivity index (χ1n) is 5.21. The van der Waals surface area contributed by atoms with Crippen LogP contribution in [0.3, 0.4) is 0 Å². The van der Waals surface area contributed by atoms with E-state index in [0.717, 1.165) is 15.4 Å².